The highest BCUT2D eigenvalue weighted by molar-refractivity contribution is 6.09. The van der Waals surface area contributed by atoms with Gasteiger partial charge in [0.05, 0.1) is 7.11 Å². The standard InChI is InChI=1S/C24H22N2O2/c1-28-19-11-7-8-17(14-19)15-26-23(18-9-3-2-4-10-18)24(27)21-16-25-22-13-6-5-12-20(21)22/h2-14,16,23,25-26H,15H2,1H3/p+1/t23-/m0/s1. The molecule has 3 aromatic carbocycles. The molecule has 3 N–H and O–H groups in total. The van der Waals surface area contributed by atoms with Crippen molar-refractivity contribution in [3.05, 3.63) is 102 Å². The van der Waals surface area contributed by atoms with Gasteiger partial charge in [0.25, 0.3) is 0 Å². The predicted molar refractivity (Wildman–Crippen MR) is 110 cm³/mol. The van der Waals surface area contributed by atoms with Crippen molar-refractivity contribution in [1.82, 2.24) is 4.98 Å². The molecule has 0 aliphatic carbocycles. The molecule has 0 saturated heterocycles. The summed E-state index contributed by atoms with van der Waals surface area (Å²) in [6.07, 6.45) is 1.82. The minimum Gasteiger partial charge on any atom is -0.497 e. The van der Waals surface area contributed by atoms with Gasteiger partial charge in [0, 0.05) is 33.8 Å². The zero-order valence-corrected chi connectivity index (χ0v) is 15.8. The third-order valence-electron chi connectivity index (χ3n) is 5.02. The van der Waals surface area contributed by atoms with Gasteiger partial charge < -0.3 is 15.0 Å². The van der Waals surface area contributed by atoms with E-state index < -0.39 is 0 Å². The number of fused-ring (bicyclic) bond motifs is 1. The van der Waals surface area contributed by atoms with E-state index in [0.29, 0.717) is 6.54 Å². The van der Waals surface area contributed by atoms with E-state index in [4.69, 9.17) is 4.74 Å². The number of rotatable bonds is 7. The monoisotopic (exact) mass is 371 g/mol. The lowest BCUT2D eigenvalue weighted by molar-refractivity contribution is -0.697. The largest absolute Gasteiger partial charge is 0.497 e. The van der Waals surface area contributed by atoms with Crippen LogP contribution in [0.1, 0.15) is 27.5 Å². The van der Waals surface area contributed by atoms with Gasteiger partial charge in [-0.2, -0.15) is 0 Å². The number of carbonyl (C=O) groups excluding carboxylic acids is 1. The molecule has 0 radical (unpaired) electrons. The van der Waals surface area contributed by atoms with Gasteiger partial charge in [-0.05, 0) is 18.2 Å². The third-order valence-corrected chi connectivity index (χ3v) is 5.02. The maximum atomic E-state index is 13.5. The van der Waals surface area contributed by atoms with Crippen molar-refractivity contribution in [3.63, 3.8) is 0 Å². The number of Topliss-reactive ketones (excluding diaryl/α,β-unsaturated/α-hetero) is 1. The Morgan fingerprint density at radius 3 is 2.61 bits per heavy atom. The highest BCUT2D eigenvalue weighted by atomic mass is 16.5. The Balaban J connectivity index is 1.64. The Labute approximate surface area is 164 Å². The summed E-state index contributed by atoms with van der Waals surface area (Å²) in [7, 11) is 1.66. The molecule has 1 atom stereocenters. The van der Waals surface area contributed by atoms with Crippen molar-refractivity contribution in [2.75, 3.05) is 7.11 Å². The van der Waals surface area contributed by atoms with Crippen molar-refractivity contribution < 1.29 is 14.8 Å². The SMILES string of the molecule is COc1cccc(C[NH2+][C@H](C(=O)c2c[nH]c3ccccc23)c2ccccc2)c1. The summed E-state index contributed by atoms with van der Waals surface area (Å²) in [5.41, 5.74) is 3.82. The molecule has 1 heterocycles. The number of para-hydroxylation sites is 1. The van der Waals surface area contributed by atoms with Crippen LogP contribution in [0, 0.1) is 0 Å². The van der Waals surface area contributed by atoms with Crippen LogP contribution in [0.2, 0.25) is 0 Å². The van der Waals surface area contributed by atoms with Crippen LogP contribution in [-0.4, -0.2) is 17.9 Å². The first-order valence-electron chi connectivity index (χ1n) is 9.38. The maximum absolute atomic E-state index is 13.5. The van der Waals surface area contributed by atoms with Crippen molar-refractivity contribution in [2.24, 2.45) is 0 Å². The lowest BCUT2D eigenvalue weighted by atomic mass is 9.96. The number of H-pyrrole nitrogens is 1. The van der Waals surface area contributed by atoms with Gasteiger partial charge in [-0.1, -0.05) is 60.7 Å². The molecule has 0 aliphatic heterocycles. The smallest absolute Gasteiger partial charge is 0.226 e. The van der Waals surface area contributed by atoms with Gasteiger partial charge in [0.2, 0.25) is 5.78 Å². The quantitative estimate of drug-likeness (QED) is 0.485. The van der Waals surface area contributed by atoms with Crippen molar-refractivity contribution in [2.45, 2.75) is 12.6 Å². The van der Waals surface area contributed by atoms with Crippen LogP contribution in [0.5, 0.6) is 5.75 Å². The summed E-state index contributed by atoms with van der Waals surface area (Å²) in [5, 5.41) is 3.05. The molecule has 4 aromatic rings. The van der Waals surface area contributed by atoms with E-state index in [9.17, 15) is 4.79 Å². The van der Waals surface area contributed by atoms with Gasteiger partial charge in [-0.3, -0.25) is 4.79 Å². The van der Waals surface area contributed by atoms with Crippen LogP contribution < -0.4 is 10.1 Å². The summed E-state index contributed by atoms with van der Waals surface area (Å²) < 4.78 is 5.32. The predicted octanol–water partition coefficient (Wildman–Crippen LogP) is 3.86. The average molecular weight is 371 g/mol. The Bertz CT molecular complexity index is 1090. The van der Waals surface area contributed by atoms with Gasteiger partial charge in [0.15, 0.2) is 6.04 Å². The summed E-state index contributed by atoms with van der Waals surface area (Å²) in [4.78, 5) is 16.7. The molecular formula is C24H23N2O2+. The van der Waals surface area contributed by atoms with E-state index in [1.807, 2.05) is 79.0 Å². The lowest BCUT2D eigenvalue weighted by Crippen LogP contribution is -2.85. The molecule has 0 aliphatic rings. The van der Waals surface area contributed by atoms with Gasteiger partial charge in [-0.25, -0.2) is 0 Å². The molecule has 4 nitrogen and oxygen atoms in total. The molecule has 1 aromatic heterocycles. The first-order valence-corrected chi connectivity index (χ1v) is 9.38. The molecule has 0 amide bonds. The van der Waals surface area contributed by atoms with Crippen LogP contribution in [0.25, 0.3) is 10.9 Å². The topological polar surface area (TPSA) is 58.7 Å². The molecule has 0 saturated carbocycles. The molecule has 140 valence electrons. The Morgan fingerprint density at radius 1 is 1.00 bits per heavy atom. The highest BCUT2D eigenvalue weighted by Crippen LogP contribution is 2.23. The molecule has 0 spiro atoms. The zero-order valence-electron chi connectivity index (χ0n) is 15.8. The molecule has 0 fully saturated rings. The molecule has 4 rings (SSSR count). The van der Waals surface area contributed by atoms with E-state index in [0.717, 1.165) is 33.3 Å². The Morgan fingerprint density at radius 2 is 1.79 bits per heavy atom. The summed E-state index contributed by atoms with van der Waals surface area (Å²) in [6, 6.07) is 25.5. The van der Waals surface area contributed by atoms with Crippen LogP contribution in [0.3, 0.4) is 0 Å². The van der Waals surface area contributed by atoms with Gasteiger partial charge in [-0.15, -0.1) is 0 Å². The summed E-state index contributed by atoms with van der Waals surface area (Å²) in [6.45, 7) is 0.685. The third kappa shape index (κ3) is 3.68. The molecule has 28 heavy (non-hydrogen) atoms. The van der Waals surface area contributed by atoms with Crippen LogP contribution in [0.4, 0.5) is 0 Å². The second-order valence-electron chi connectivity index (χ2n) is 6.79. The molecule has 0 bridgehead atoms. The Hall–Kier alpha value is -3.37. The fourth-order valence-corrected chi connectivity index (χ4v) is 3.55. The van der Waals surface area contributed by atoms with E-state index in [2.05, 4.69) is 16.4 Å². The fourth-order valence-electron chi connectivity index (χ4n) is 3.55. The lowest BCUT2D eigenvalue weighted by Gasteiger charge is -2.15. The fraction of sp³-hybridized carbons (Fsp3) is 0.125. The number of methoxy groups -OCH3 is 1. The van der Waals surface area contributed by atoms with E-state index in [-0.39, 0.29) is 11.8 Å². The van der Waals surface area contributed by atoms with Gasteiger partial charge >= 0.3 is 0 Å². The molecule has 0 unspecified atom stereocenters. The number of benzene rings is 3. The first kappa shape index (κ1) is 18.0. The minimum absolute atomic E-state index is 0.103. The number of aromatic amines is 1. The summed E-state index contributed by atoms with van der Waals surface area (Å²) in [5.74, 6) is 0.927. The van der Waals surface area contributed by atoms with Crippen LogP contribution in [-0.2, 0) is 6.54 Å². The number of aromatic nitrogens is 1. The number of hydrogen-bond donors (Lipinski definition) is 2. The van der Waals surface area contributed by atoms with Gasteiger partial charge in [0.1, 0.15) is 12.3 Å². The number of ether oxygens (including phenoxy) is 1. The first-order chi connectivity index (χ1) is 13.8. The number of ketones is 1. The highest BCUT2D eigenvalue weighted by Gasteiger charge is 2.27. The normalized spacial score (nSPS) is 12.0. The molecule has 4 heteroatoms. The van der Waals surface area contributed by atoms with Crippen molar-refractivity contribution in [3.8, 4) is 5.75 Å². The zero-order chi connectivity index (χ0) is 19.3. The van der Waals surface area contributed by atoms with E-state index in [1.54, 1.807) is 7.11 Å². The van der Waals surface area contributed by atoms with E-state index >= 15 is 0 Å². The van der Waals surface area contributed by atoms with Crippen molar-refractivity contribution in [1.29, 1.82) is 0 Å². The number of nitrogens with one attached hydrogen (secondary N) is 1. The second kappa shape index (κ2) is 8.11. The number of quaternary nitrogens is 1. The van der Waals surface area contributed by atoms with Crippen LogP contribution >= 0.6 is 0 Å². The number of carbonyl (C=O) groups is 1. The van der Waals surface area contributed by atoms with Crippen molar-refractivity contribution >= 4 is 16.7 Å². The Kier molecular flexibility index (Phi) is 5.22. The number of nitrogens with two attached hydrogens (primary N) is 1. The molecular weight excluding hydrogens is 348 g/mol. The second-order valence-corrected chi connectivity index (χ2v) is 6.79. The number of hydrogen-bond acceptors (Lipinski definition) is 2. The average Bonchev–Trinajstić information content (AvgIpc) is 3.19. The maximum Gasteiger partial charge on any atom is 0.226 e. The van der Waals surface area contributed by atoms with E-state index in [1.165, 1.54) is 0 Å². The van der Waals surface area contributed by atoms with Crippen LogP contribution in [0.15, 0.2) is 85.1 Å². The summed E-state index contributed by atoms with van der Waals surface area (Å²) >= 11 is 0. The minimum atomic E-state index is -0.313.